The van der Waals surface area contributed by atoms with Crippen molar-refractivity contribution < 1.29 is 19.4 Å². The first-order valence-corrected chi connectivity index (χ1v) is 10.7. The molecule has 3 heterocycles. The number of ether oxygens (including phenoxy) is 2. The number of aromatic nitrogens is 2. The molecule has 0 fully saturated rings. The largest absolute Gasteiger partial charge is 0.508 e. The van der Waals surface area contributed by atoms with E-state index in [1.807, 2.05) is 38.1 Å². The highest BCUT2D eigenvalue weighted by Gasteiger charge is 2.27. The first kappa shape index (κ1) is 22.5. The van der Waals surface area contributed by atoms with Crippen LogP contribution in [0.3, 0.4) is 0 Å². The Bertz CT molecular complexity index is 1350. The Labute approximate surface area is 191 Å². The molecule has 172 valence electrons. The lowest BCUT2D eigenvalue weighted by atomic mass is 10.0. The Morgan fingerprint density at radius 3 is 2.67 bits per heavy atom. The van der Waals surface area contributed by atoms with Crippen LogP contribution in [0.2, 0.25) is 0 Å². The number of phenols is 1. The van der Waals surface area contributed by atoms with Crippen molar-refractivity contribution in [3.63, 3.8) is 0 Å². The van der Waals surface area contributed by atoms with Gasteiger partial charge in [0.2, 0.25) is 0 Å². The third-order valence-electron chi connectivity index (χ3n) is 5.78. The number of phenolic OH excluding ortho intramolecular Hbond substituents is 1. The van der Waals surface area contributed by atoms with Gasteiger partial charge < -0.3 is 24.0 Å². The number of methoxy groups -OCH3 is 1. The molecule has 1 aliphatic rings. The molecule has 0 aliphatic carbocycles. The predicted molar refractivity (Wildman–Crippen MR) is 126 cm³/mol. The van der Waals surface area contributed by atoms with E-state index in [4.69, 9.17) is 14.5 Å². The highest BCUT2D eigenvalue weighted by molar-refractivity contribution is 5.88. The molecule has 3 aromatic rings. The van der Waals surface area contributed by atoms with Crippen molar-refractivity contribution in [3.05, 3.63) is 62.9 Å². The van der Waals surface area contributed by atoms with E-state index in [0.717, 1.165) is 22.0 Å². The monoisotopic (exact) mass is 449 g/mol. The number of benzene rings is 1. The van der Waals surface area contributed by atoms with E-state index >= 15 is 0 Å². The minimum Gasteiger partial charge on any atom is -0.508 e. The Morgan fingerprint density at radius 2 is 2.03 bits per heavy atom. The van der Waals surface area contributed by atoms with Gasteiger partial charge >= 0.3 is 5.97 Å². The topological polar surface area (TPSA) is 93.9 Å². The lowest BCUT2D eigenvalue weighted by Gasteiger charge is -2.15. The third kappa shape index (κ3) is 3.98. The van der Waals surface area contributed by atoms with E-state index in [9.17, 15) is 14.7 Å². The fraction of sp³-hybridized carbons (Fsp3) is 0.320. The number of pyridine rings is 2. The highest BCUT2D eigenvalue weighted by atomic mass is 16.5. The first-order valence-electron chi connectivity index (χ1n) is 10.7. The summed E-state index contributed by atoms with van der Waals surface area (Å²) in [6.45, 7) is 3.89. The lowest BCUT2D eigenvalue weighted by molar-refractivity contribution is -0.142. The summed E-state index contributed by atoms with van der Waals surface area (Å²) in [4.78, 5) is 31.7. The second-order valence-corrected chi connectivity index (χ2v) is 8.31. The average molecular weight is 450 g/mol. The Morgan fingerprint density at radius 1 is 1.27 bits per heavy atom. The van der Waals surface area contributed by atoms with Gasteiger partial charge in [0.15, 0.2) is 0 Å². The molecule has 0 atom stereocenters. The zero-order valence-electron chi connectivity index (χ0n) is 19.4. The normalized spacial score (nSPS) is 12.7. The minimum absolute atomic E-state index is 0.142. The number of aromatic hydroxyl groups is 1. The van der Waals surface area contributed by atoms with Crippen LogP contribution in [0.25, 0.3) is 28.0 Å². The number of carbonyl (C=O) groups is 1. The Hall–Kier alpha value is -3.65. The zero-order valence-corrected chi connectivity index (χ0v) is 19.4. The molecule has 0 amide bonds. The van der Waals surface area contributed by atoms with Crippen LogP contribution < -0.4 is 5.56 Å². The number of hydrogen-bond acceptors (Lipinski definition) is 7. The molecule has 1 aliphatic heterocycles. The second-order valence-electron chi connectivity index (χ2n) is 8.31. The number of carbonyl (C=O) groups excluding carboxylic acids is 1. The maximum absolute atomic E-state index is 13.5. The molecule has 0 radical (unpaired) electrons. The van der Waals surface area contributed by atoms with Gasteiger partial charge in [-0.15, -0.1) is 0 Å². The molecule has 2 aromatic heterocycles. The predicted octanol–water partition coefficient (Wildman–Crippen LogP) is 3.26. The molecule has 0 unspecified atom stereocenters. The van der Waals surface area contributed by atoms with Crippen LogP contribution in [0.1, 0.15) is 36.1 Å². The molecular formula is C25H27N3O5. The molecule has 33 heavy (non-hydrogen) atoms. The summed E-state index contributed by atoms with van der Waals surface area (Å²) >= 11 is 0. The van der Waals surface area contributed by atoms with Crippen molar-refractivity contribution >= 4 is 22.6 Å². The van der Waals surface area contributed by atoms with E-state index in [2.05, 4.69) is 0 Å². The van der Waals surface area contributed by atoms with Gasteiger partial charge in [0.25, 0.3) is 5.56 Å². The number of esters is 1. The highest BCUT2D eigenvalue weighted by Crippen LogP contribution is 2.36. The molecule has 0 saturated heterocycles. The van der Waals surface area contributed by atoms with E-state index in [1.165, 1.54) is 14.0 Å². The number of hydrogen-bond donors (Lipinski definition) is 1. The van der Waals surface area contributed by atoms with Gasteiger partial charge in [0.1, 0.15) is 18.1 Å². The molecule has 0 spiro atoms. The first-order chi connectivity index (χ1) is 15.7. The zero-order chi connectivity index (χ0) is 23.9. The molecule has 0 bridgehead atoms. The van der Waals surface area contributed by atoms with Crippen molar-refractivity contribution in [2.45, 2.75) is 33.5 Å². The maximum Gasteiger partial charge on any atom is 0.302 e. The van der Waals surface area contributed by atoms with E-state index in [1.54, 1.807) is 22.8 Å². The molecule has 8 heteroatoms. The molecule has 1 N–H and O–H groups in total. The van der Waals surface area contributed by atoms with Gasteiger partial charge in [0, 0.05) is 35.5 Å². The Kier molecular flexibility index (Phi) is 5.95. The van der Waals surface area contributed by atoms with Crippen LogP contribution >= 0.6 is 0 Å². The standard InChI is InChI=1S/C25H27N3O5/c1-6-23(32-5)17-10-21-24-15(11-28(21)25(31)19(17)13-33-14(2)29)9-16-18(12-27(3)4)22(30)8-7-20(16)26-24/h6-10,30H,11-13H2,1-5H3/b23-6-. The van der Waals surface area contributed by atoms with Gasteiger partial charge in [-0.1, -0.05) is 0 Å². The number of fused-ring (bicyclic) bond motifs is 4. The number of nitrogens with zero attached hydrogens (tertiary/aromatic N) is 3. The average Bonchev–Trinajstić information content (AvgIpc) is 3.12. The molecule has 0 saturated carbocycles. The lowest BCUT2D eigenvalue weighted by Crippen LogP contribution is -2.26. The SMILES string of the molecule is C/C=C(\OC)c1cc2n(c(=O)c1COC(C)=O)Cc1cc3c(CN(C)C)c(O)ccc3nc1-2. The Balaban J connectivity index is 1.93. The molecular weight excluding hydrogens is 422 g/mol. The van der Waals surface area contributed by atoms with Crippen molar-refractivity contribution in [2.24, 2.45) is 0 Å². The van der Waals surface area contributed by atoms with Crippen molar-refractivity contribution in [1.82, 2.24) is 14.5 Å². The third-order valence-corrected chi connectivity index (χ3v) is 5.78. The number of rotatable bonds is 6. The van der Waals surface area contributed by atoms with Crippen LogP contribution in [0.4, 0.5) is 0 Å². The summed E-state index contributed by atoms with van der Waals surface area (Å²) in [7, 11) is 5.42. The fourth-order valence-corrected chi connectivity index (χ4v) is 4.29. The van der Waals surface area contributed by atoms with E-state index in [-0.39, 0.29) is 17.9 Å². The van der Waals surface area contributed by atoms with Crippen LogP contribution in [0.15, 0.2) is 35.1 Å². The van der Waals surface area contributed by atoms with Crippen LogP contribution in [0, 0.1) is 0 Å². The minimum atomic E-state index is -0.463. The fourth-order valence-electron chi connectivity index (χ4n) is 4.29. The van der Waals surface area contributed by atoms with E-state index in [0.29, 0.717) is 41.4 Å². The van der Waals surface area contributed by atoms with Gasteiger partial charge in [-0.05, 0) is 51.4 Å². The smallest absolute Gasteiger partial charge is 0.302 e. The van der Waals surface area contributed by atoms with Gasteiger partial charge in [-0.25, -0.2) is 4.98 Å². The molecule has 4 rings (SSSR count). The van der Waals surface area contributed by atoms with Crippen molar-refractivity contribution in [1.29, 1.82) is 0 Å². The van der Waals surface area contributed by atoms with Gasteiger partial charge in [-0.3, -0.25) is 9.59 Å². The summed E-state index contributed by atoms with van der Waals surface area (Å²) in [5.41, 5.74) is 4.50. The van der Waals surface area contributed by atoms with Gasteiger partial charge in [-0.2, -0.15) is 0 Å². The second kappa shape index (κ2) is 8.71. The summed E-state index contributed by atoms with van der Waals surface area (Å²) in [5.74, 6) is 0.272. The summed E-state index contributed by atoms with van der Waals surface area (Å²) in [6, 6.07) is 7.30. The van der Waals surface area contributed by atoms with Crippen molar-refractivity contribution in [3.8, 4) is 17.1 Å². The van der Waals surface area contributed by atoms with Gasteiger partial charge in [0.05, 0.1) is 36.1 Å². The van der Waals surface area contributed by atoms with Crippen molar-refractivity contribution in [2.75, 3.05) is 21.2 Å². The summed E-state index contributed by atoms with van der Waals surface area (Å²) in [6.07, 6.45) is 1.77. The summed E-state index contributed by atoms with van der Waals surface area (Å²) < 4.78 is 12.3. The quantitative estimate of drug-likeness (QED) is 0.357. The van der Waals surface area contributed by atoms with Crippen LogP contribution in [-0.2, 0) is 34.0 Å². The van der Waals surface area contributed by atoms with E-state index < -0.39 is 5.97 Å². The number of allylic oxidation sites excluding steroid dienone is 1. The van der Waals surface area contributed by atoms with Crippen LogP contribution in [-0.4, -0.2) is 46.7 Å². The molecule has 8 nitrogen and oxygen atoms in total. The maximum atomic E-state index is 13.5. The summed E-state index contributed by atoms with van der Waals surface area (Å²) in [5, 5.41) is 11.3. The molecule has 1 aromatic carbocycles. The van der Waals surface area contributed by atoms with Crippen LogP contribution in [0.5, 0.6) is 5.75 Å².